The number of amides is 1. The van der Waals surface area contributed by atoms with Crippen molar-refractivity contribution in [2.75, 3.05) is 5.32 Å². The lowest BCUT2D eigenvalue weighted by molar-refractivity contribution is -0.137. The smallest absolute Gasteiger partial charge is 0.326 e. The zero-order chi connectivity index (χ0) is 19.4. The van der Waals surface area contributed by atoms with Crippen LogP contribution in [0.5, 0.6) is 0 Å². The molecule has 0 aliphatic heterocycles. The first kappa shape index (κ1) is 22.2. The van der Waals surface area contributed by atoms with E-state index in [-0.39, 0.29) is 23.8 Å². The van der Waals surface area contributed by atoms with Crippen LogP contribution in [-0.4, -0.2) is 11.7 Å². The maximum Gasteiger partial charge on any atom is 0.416 e. The van der Waals surface area contributed by atoms with E-state index in [9.17, 15) is 22.8 Å². The van der Waals surface area contributed by atoms with Crippen LogP contribution in [0.25, 0.3) is 0 Å². The molecule has 1 aromatic rings. The van der Waals surface area contributed by atoms with Crippen molar-refractivity contribution < 1.29 is 22.8 Å². The molecule has 0 saturated heterocycles. The highest BCUT2D eigenvalue weighted by molar-refractivity contribution is 5.91. The number of hydrogen-bond donors (Lipinski definition) is 1. The fraction of sp³-hybridized carbons (Fsp3) is 0.600. The minimum atomic E-state index is -4.44. The highest BCUT2D eigenvalue weighted by Crippen LogP contribution is 2.30. The first-order valence-corrected chi connectivity index (χ1v) is 9.31. The van der Waals surface area contributed by atoms with E-state index < -0.39 is 11.7 Å². The Morgan fingerprint density at radius 2 is 1.58 bits per heavy atom. The van der Waals surface area contributed by atoms with Gasteiger partial charge in [0.25, 0.3) is 0 Å². The third kappa shape index (κ3) is 9.59. The quantitative estimate of drug-likeness (QED) is 0.449. The molecule has 1 aromatic carbocycles. The molecule has 6 heteroatoms. The van der Waals surface area contributed by atoms with E-state index in [1.54, 1.807) is 0 Å². The summed E-state index contributed by atoms with van der Waals surface area (Å²) in [6, 6.07) is 4.53. The van der Waals surface area contributed by atoms with Crippen LogP contribution in [0, 0.1) is 0 Å². The van der Waals surface area contributed by atoms with E-state index in [0.29, 0.717) is 19.3 Å². The minimum Gasteiger partial charge on any atom is -0.326 e. The Balaban J connectivity index is 2.21. The summed E-state index contributed by atoms with van der Waals surface area (Å²) in [6.07, 6.45) is 3.71. The van der Waals surface area contributed by atoms with Gasteiger partial charge in [0.2, 0.25) is 5.91 Å². The number of ketones is 1. The van der Waals surface area contributed by atoms with Gasteiger partial charge in [-0.2, -0.15) is 13.2 Å². The van der Waals surface area contributed by atoms with Gasteiger partial charge in [-0.05, 0) is 31.0 Å². The van der Waals surface area contributed by atoms with Crippen LogP contribution >= 0.6 is 0 Å². The summed E-state index contributed by atoms with van der Waals surface area (Å²) >= 11 is 0. The zero-order valence-corrected chi connectivity index (χ0v) is 15.3. The third-order valence-corrected chi connectivity index (χ3v) is 4.14. The molecular weight excluding hydrogens is 343 g/mol. The summed E-state index contributed by atoms with van der Waals surface area (Å²) in [5.41, 5.74) is -0.687. The Hall–Kier alpha value is -1.85. The van der Waals surface area contributed by atoms with Crippen LogP contribution in [0.15, 0.2) is 24.3 Å². The van der Waals surface area contributed by atoms with Gasteiger partial charge in [-0.15, -0.1) is 0 Å². The van der Waals surface area contributed by atoms with Crippen molar-refractivity contribution in [3.63, 3.8) is 0 Å². The van der Waals surface area contributed by atoms with Crippen molar-refractivity contribution in [1.29, 1.82) is 0 Å². The molecule has 0 bridgehead atoms. The third-order valence-electron chi connectivity index (χ3n) is 4.14. The minimum absolute atomic E-state index is 0.114. The van der Waals surface area contributed by atoms with E-state index >= 15 is 0 Å². The highest BCUT2D eigenvalue weighted by Gasteiger charge is 2.30. The van der Waals surface area contributed by atoms with E-state index in [1.807, 2.05) is 0 Å². The standard InChI is InChI=1S/C20H28F3NO2/c1-2-3-4-5-6-7-12-18(25)13-9-14-19(26)24-17-11-8-10-16(15-17)20(21,22)23/h8,10-11,15H,2-7,9,12-14H2,1H3,(H,24,26). The second-order valence-corrected chi connectivity index (χ2v) is 6.54. The van der Waals surface area contributed by atoms with Gasteiger partial charge < -0.3 is 5.32 Å². The van der Waals surface area contributed by atoms with E-state index in [4.69, 9.17) is 0 Å². The van der Waals surface area contributed by atoms with Crippen molar-refractivity contribution in [2.45, 2.75) is 77.3 Å². The average molecular weight is 371 g/mol. The zero-order valence-electron chi connectivity index (χ0n) is 15.3. The highest BCUT2D eigenvalue weighted by atomic mass is 19.4. The van der Waals surface area contributed by atoms with Gasteiger partial charge in [-0.25, -0.2) is 0 Å². The van der Waals surface area contributed by atoms with E-state index in [2.05, 4.69) is 12.2 Å². The number of nitrogens with one attached hydrogen (secondary N) is 1. The first-order valence-electron chi connectivity index (χ1n) is 9.31. The van der Waals surface area contributed by atoms with E-state index in [1.165, 1.54) is 31.4 Å². The van der Waals surface area contributed by atoms with Gasteiger partial charge in [0.15, 0.2) is 0 Å². The van der Waals surface area contributed by atoms with Crippen molar-refractivity contribution in [1.82, 2.24) is 0 Å². The molecule has 3 nitrogen and oxygen atoms in total. The fourth-order valence-electron chi connectivity index (χ4n) is 2.67. The van der Waals surface area contributed by atoms with Gasteiger partial charge in [0.1, 0.15) is 5.78 Å². The number of carbonyl (C=O) groups excluding carboxylic acids is 2. The molecular formula is C20H28F3NO2. The predicted molar refractivity (Wildman–Crippen MR) is 96.9 cm³/mol. The Kier molecular flexibility index (Phi) is 9.99. The molecule has 0 unspecified atom stereocenters. The summed E-state index contributed by atoms with van der Waals surface area (Å²) in [7, 11) is 0. The molecule has 1 N–H and O–H groups in total. The molecule has 0 heterocycles. The largest absolute Gasteiger partial charge is 0.416 e. The number of anilines is 1. The second-order valence-electron chi connectivity index (χ2n) is 6.54. The monoisotopic (exact) mass is 371 g/mol. The lowest BCUT2D eigenvalue weighted by atomic mass is 10.0. The maximum absolute atomic E-state index is 12.6. The van der Waals surface area contributed by atoms with Crippen LogP contribution in [0.1, 0.15) is 76.7 Å². The molecule has 0 aromatic heterocycles. The molecule has 26 heavy (non-hydrogen) atoms. The summed E-state index contributed by atoms with van der Waals surface area (Å²) < 4.78 is 37.9. The fourth-order valence-corrected chi connectivity index (χ4v) is 2.67. The van der Waals surface area contributed by atoms with Crippen LogP contribution in [0.4, 0.5) is 18.9 Å². The van der Waals surface area contributed by atoms with Crippen LogP contribution in [-0.2, 0) is 15.8 Å². The van der Waals surface area contributed by atoms with Crippen molar-refractivity contribution in [3.8, 4) is 0 Å². The molecule has 0 atom stereocenters. The molecule has 146 valence electrons. The van der Waals surface area contributed by atoms with Crippen LogP contribution < -0.4 is 5.32 Å². The number of hydrogen-bond acceptors (Lipinski definition) is 2. The van der Waals surface area contributed by atoms with Crippen LogP contribution in [0.2, 0.25) is 0 Å². The molecule has 0 aliphatic carbocycles. The number of halogens is 3. The number of rotatable bonds is 12. The molecule has 0 saturated carbocycles. The molecule has 0 spiro atoms. The molecule has 0 radical (unpaired) electrons. The molecule has 1 rings (SSSR count). The SMILES string of the molecule is CCCCCCCCC(=O)CCCC(=O)Nc1cccc(C(F)(F)F)c1. The summed E-state index contributed by atoms with van der Waals surface area (Å²) in [4.78, 5) is 23.6. The lowest BCUT2D eigenvalue weighted by Crippen LogP contribution is -2.13. The van der Waals surface area contributed by atoms with Gasteiger partial charge in [-0.3, -0.25) is 9.59 Å². The second kappa shape index (κ2) is 11.7. The lowest BCUT2D eigenvalue weighted by Gasteiger charge is -2.09. The van der Waals surface area contributed by atoms with Crippen molar-refractivity contribution in [2.24, 2.45) is 0 Å². The van der Waals surface area contributed by atoms with E-state index in [0.717, 1.165) is 31.4 Å². The van der Waals surface area contributed by atoms with Gasteiger partial charge in [0, 0.05) is 24.9 Å². The Morgan fingerprint density at radius 1 is 0.923 bits per heavy atom. The number of unbranched alkanes of at least 4 members (excludes halogenated alkanes) is 5. The van der Waals surface area contributed by atoms with Gasteiger partial charge in [0.05, 0.1) is 5.56 Å². The predicted octanol–water partition coefficient (Wildman–Crippen LogP) is 6.13. The summed E-state index contributed by atoms with van der Waals surface area (Å²) in [5.74, 6) is -0.232. The van der Waals surface area contributed by atoms with Crippen molar-refractivity contribution in [3.05, 3.63) is 29.8 Å². The maximum atomic E-state index is 12.6. The number of Topliss-reactive ketones (excluding diaryl/α,β-unsaturated/α-hetero) is 1. The molecule has 1 amide bonds. The number of carbonyl (C=O) groups is 2. The van der Waals surface area contributed by atoms with Gasteiger partial charge >= 0.3 is 6.18 Å². The summed E-state index contributed by atoms with van der Waals surface area (Å²) in [5, 5.41) is 2.45. The molecule has 0 aliphatic rings. The van der Waals surface area contributed by atoms with Gasteiger partial charge in [-0.1, -0.05) is 45.1 Å². The van der Waals surface area contributed by atoms with Crippen molar-refractivity contribution >= 4 is 17.4 Å². The Labute approximate surface area is 153 Å². The topological polar surface area (TPSA) is 46.2 Å². The average Bonchev–Trinajstić information content (AvgIpc) is 2.57. The first-order chi connectivity index (χ1) is 12.3. The van der Waals surface area contributed by atoms with Crippen LogP contribution in [0.3, 0.4) is 0 Å². The Bertz CT molecular complexity index is 570. The molecule has 0 fully saturated rings. The number of alkyl halides is 3. The summed E-state index contributed by atoms with van der Waals surface area (Å²) in [6.45, 7) is 2.16. The number of benzene rings is 1. The normalized spacial score (nSPS) is 11.4. The Morgan fingerprint density at radius 3 is 2.27 bits per heavy atom.